The zero-order chi connectivity index (χ0) is 13.2. The summed E-state index contributed by atoms with van der Waals surface area (Å²) in [7, 11) is 1.67. The molecule has 0 aliphatic heterocycles. The maximum Gasteiger partial charge on any atom is 0.156 e. The maximum absolute atomic E-state index is 5.15. The number of benzene rings is 1. The Kier molecular flexibility index (Phi) is 2.91. The Labute approximate surface area is 111 Å². The van der Waals surface area contributed by atoms with Gasteiger partial charge in [-0.25, -0.2) is 9.50 Å². The molecule has 0 aliphatic rings. The van der Waals surface area contributed by atoms with Crippen LogP contribution in [0.5, 0.6) is 5.75 Å². The Balaban J connectivity index is 1.90. The van der Waals surface area contributed by atoms with Crippen LogP contribution >= 0.6 is 0 Å². The average Bonchev–Trinajstić information content (AvgIpc) is 2.84. The van der Waals surface area contributed by atoms with Gasteiger partial charge in [-0.3, -0.25) is 0 Å². The number of rotatable bonds is 3. The van der Waals surface area contributed by atoms with Crippen LogP contribution in [0.1, 0.15) is 17.1 Å². The zero-order valence-corrected chi connectivity index (χ0v) is 11.0. The summed E-state index contributed by atoms with van der Waals surface area (Å²) in [5.41, 5.74) is 3.16. The monoisotopic (exact) mass is 253 g/mol. The smallest absolute Gasteiger partial charge is 0.156 e. The van der Waals surface area contributed by atoms with Crippen LogP contribution in [0.4, 0.5) is 0 Å². The molecular formula is C15H15N3O. The molecule has 0 atom stereocenters. The highest BCUT2D eigenvalue weighted by atomic mass is 16.5. The maximum atomic E-state index is 5.15. The van der Waals surface area contributed by atoms with E-state index >= 15 is 0 Å². The summed E-state index contributed by atoms with van der Waals surface area (Å²) < 4.78 is 7.02. The average molecular weight is 253 g/mol. The van der Waals surface area contributed by atoms with Gasteiger partial charge in [0.25, 0.3) is 0 Å². The van der Waals surface area contributed by atoms with Crippen molar-refractivity contribution in [3.05, 3.63) is 59.5 Å². The molecule has 0 spiro atoms. The Hall–Kier alpha value is -2.36. The lowest BCUT2D eigenvalue weighted by atomic mass is 10.1. The van der Waals surface area contributed by atoms with Crippen LogP contribution in [0.2, 0.25) is 0 Å². The van der Waals surface area contributed by atoms with E-state index in [4.69, 9.17) is 4.74 Å². The summed E-state index contributed by atoms with van der Waals surface area (Å²) in [5, 5.41) is 4.52. The predicted octanol–water partition coefficient (Wildman–Crippen LogP) is 2.64. The van der Waals surface area contributed by atoms with Gasteiger partial charge >= 0.3 is 0 Å². The Morgan fingerprint density at radius 3 is 2.58 bits per heavy atom. The first-order chi connectivity index (χ1) is 9.26. The van der Waals surface area contributed by atoms with Gasteiger partial charge in [0.1, 0.15) is 5.75 Å². The van der Waals surface area contributed by atoms with Crippen LogP contribution in [-0.4, -0.2) is 21.7 Å². The molecule has 19 heavy (non-hydrogen) atoms. The SMILES string of the molecule is COc1ccc(Cc2nc3cccc(C)n3n2)cc1. The van der Waals surface area contributed by atoms with E-state index in [1.807, 2.05) is 53.9 Å². The fourth-order valence-corrected chi connectivity index (χ4v) is 2.08. The largest absolute Gasteiger partial charge is 0.497 e. The van der Waals surface area contributed by atoms with E-state index in [2.05, 4.69) is 10.1 Å². The first-order valence-corrected chi connectivity index (χ1v) is 6.20. The zero-order valence-electron chi connectivity index (χ0n) is 11.0. The topological polar surface area (TPSA) is 39.4 Å². The third-order valence-electron chi connectivity index (χ3n) is 3.11. The van der Waals surface area contributed by atoms with E-state index in [0.29, 0.717) is 0 Å². The number of ether oxygens (including phenoxy) is 1. The number of fused-ring (bicyclic) bond motifs is 1. The molecule has 4 heteroatoms. The number of methoxy groups -OCH3 is 1. The third kappa shape index (κ3) is 2.29. The molecule has 0 aliphatic carbocycles. The molecule has 0 N–H and O–H groups in total. The van der Waals surface area contributed by atoms with Gasteiger partial charge in [-0.15, -0.1) is 0 Å². The van der Waals surface area contributed by atoms with Crippen molar-refractivity contribution in [1.82, 2.24) is 14.6 Å². The summed E-state index contributed by atoms with van der Waals surface area (Å²) in [6.07, 6.45) is 0.727. The van der Waals surface area contributed by atoms with Crippen LogP contribution in [0, 0.1) is 6.92 Å². The lowest BCUT2D eigenvalue weighted by molar-refractivity contribution is 0.414. The molecule has 0 amide bonds. The summed E-state index contributed by atoms with van der Waals surface area (Å²) in [6, 6.07) is 14.0. The number of aryl methyl sites for hydroxylation is 1. The van der Waals surface area contributed by atoms with Gasteiger partial charge in [0, 0.05) is 12.1 Å². The standard InChI is InChI=1S/C15H15N3O/c1-11-4-3-5-15-16-14(17-18(11)15)10-12-6-8-13(19-2)9-7-12/h3-9H,10H2,1-2H3. The molecule has 1 aromatic carbocycles. The summed E-state index contributed by atoms with van der Waals surface area (Å²) in [6.45, 7) is 2.03. The minimum absolute atomic E-state index is 0.727. The Morgan fingerprint density at radius 2 is 1.89 bits per heavy atom. The minimum Gasteiger partial charge on any atom is -0.497 e. The molecule has 3 aromatic rings. The molecule has 0 bridgehead atoms. The minimum atomic E-state index is 0.727. The third-order valence-corrected chi connectivity index (χ3v) is 3.11. The van der Waals surface area contributed by atoms with E-state index in [0.717, 1.165) is 29.3 Å². The molecule has 0 fully saturated rings. The molecule has 96 valence electrons. The van der Waals surface area contributed by atoms with E-state index in [9.17, 15) is 0 Å². The van der Waals surface area contributed by atoms with Gasteiger partial charge in [-0.05, 0) is 36.8 Å². The van der Waals surface area contributed by atoms with E-state index < -0.39 is 0 Å². The summed E-state index contributed by atoms with van der Waals surface area (Å²) in [5.74, 6) is 1.70. The van der Waals surface area contributed by atoms with Crippen molar-refractivity contribution in [2.75, 3.05) is 7.11 Å². The van der Waals surface area contributed by atoms with Crippen LogP contribution < -0.4 is 4.74 Å². The lowest BCUT2D eigenvalue weighted by Gasteiger charge is -2.00. The number of aromatic nitrogens is 3. The van der Waals surface area contributed by atoms with Gasteiger partial charge in [-0.2, -0.15) is 5.10 Å². The van der Waals surface area contributed by atoms with Crippen LogP contribution in [0.25, 0.3) is 5.65 Å². The first-order valence-electron chi connectivity index (χ1n) is 6.20. The van der Waals surface area contributed by atoms with Gasteiger partial charge in [0.05, 0.1) is 7.11 Å². The van der Waals surface area contributed by atoms with Crippen molar-refractivity contribution in [1.29, 1.82) is 0 Å². The quantitative estimate of drug-likeness (QED) is 0.720. The molecule has 0 radical (unpaired) electrons. The highest BCUT2D eigenvalue weighted by Crippen LogP contribution is 2.14. The van der Waals surface area contributed by atoms with Crippen molar-refractivity contribution >= 4 is 5.65 Å². The molecule has 2 heterocycles. The molecule has 3 rings (SSSR count). The highest BCUT2D eigenvalue weighted by molar-refractivity contribution is 5.39. The Morgan fingerprint density at radius 1 is 1.11 bits per heavy atom. The second kappa shape index (κ2) is 4.72. The van der Waals surface area contributed by atoms with Crippen molar-refractivity contribution in [3.63, 3.8) is 0 Å². The van der Waals surface area contributed by atoms with Crippen molar-refractivity contribution in [2.45, 2.75) is 13.3 Å². The van der Waals surface area contributed by atoms with Crippen molar-refractivity contribution in [3.8, 4) is 5.75 Å². The number of nitrogens with zero attached hydrogens (tertiary/aromatic N) is 3. The molecule has 2 aromatic heterocycles. The van der Waals surface area contributed by atoms with Crippen LogP contribution in [0.15, 0.2) is 42.5 Å². The number of hydrogen-bond donors (Lipinski definition) is 0. The second-order valence-corrected chi connectivity index (χ2v) is 4.49. The number of pyridine rings is 1. The van der Waals surface area contributed by atoms with Gasteiger partial charge in [-0.1, -0.05) is 18.2 Å². The van der Waals surface area contributed by atoms with Crippen molar-refractivity contribution in [2.24, 2.45) is 0 Å². The fourth-order valence-electron chi connectivity index (χ4n) is 2.08. The highest BCUT2D eigenvalue weighted by Gasteiger charge is 2.06. The normalized spacial score (nSPS) is 10.8. The first kappa shape index (κ1) is 11.7. The number of hydrogen-bond acceptors (Lipinski definition) is 3. The van der Waals surface area contributed by atoms with E-state index in [-0.39, 0.29) is 0 Å². The Bertz CT molecular complexity index is 701. The van der Waals surface area contributed by atoms with E-state index in [1.54, 1.807) is 7.11 Å². The summed E-state index contributed by atoms with van der Waals surface area (Å²) in [4.78, 5) is 4.53. The molecule has 0 saturated heterocycles. The van der Waals surface area contributed by atoms with Gasteiger partial charge in [0.2, 0.25) is 0 Å². The lowest BCUT2D eigenvalue weighted by Crippen LogP contribution is -1.94. The van der Waals surface area contributed by atoms with E-state index in [1.165, 1.54) is 5.56 Å². The fraction of sp³-hybridized carbons (Fsp3) is 0.200. The molecule has 0 unspecified atom stereocenters. The molecular weight excluding hydrogens is 238 g/mol. The van der Waals surface area contributed by atoms with Gasteiger partial charge < -0.3 is 4.74 Å². The van der Waals surface area contributed by atoms with Crippen LogP contribution in [-0.2, 0) is 6.42 Å². The summed E-state index contributed by atoms with van der Waals surface area (Å²) >= 11 is 0. The molecule has 4 nitrogen and oxygen atoms in total. The van der Waals surface area contributed by atoms with Crippen LogP contribution in [0.3, 0.4) is 0 Å². The van der Waals surface area contributed by atoms with Gasteiger partial charge in [0.15, 0.2) is 11.5 Å². The predicted molar refractivity (Wildman–Crippen MR) is 73.5 cm³/mol. The second-order valence-electron chi connectivity index (χ2n) is 4.49. The molecule has 0 saturated carbocycles. The van der Waals surface area contributed by atoms with Crippen molar-refractivity contribution < 1.29 is 4.74 Å².